The first-order valence-corrected chi connectivity index (χ1v) is 9.61. The highest BCUT2D eigenvalue weighted by Crippen LogP contribution is 2.26. The Labute approximate surface area is 176 Å². The van der Waals surface area contributed by atoms with Gasteiger partial charge in [-0.05, 0) is 31.2 Å². The van der Waals surface area contributed by atoms with E-state index in [-0.39, 0.29) is 30.5 Å². The maximum Gasteiger partial charge on any atom is 0.439 e. The Morgan fingerprint density at radius 2 is 2.03 bits per heavy atom. The normalized spacial score (nSPS) is 15.5. The number of para-hydroxylation sites is 1. The number of esters is 1. The van der Waals surface area contributed by atoms with Crippen LogP contribution in [-0.4, -0.2) is 40.4 Å². The molecule has 0 bridgehead atoms. The van der Waals surface area contributed by atoms with E-state index in [4.69, 9.17) is 4.74 Å². The van der Waals surface area contributed by atoms with Crippen molar-refractivity contribution in [2.45, 2.75) is 19.4 Å². The van der Waals surface area contributed by atoms with Crippen molar-refractivity contribution < 1.29 is 18.8 Å². The second-order valence-electron chi connectivity index (χ2n) is 6.68. The topological polar surface area (TPSA) is 130 Å². The molecule has 1 aromatic heterocycles. The van der Waals surface area contributed by atoms with Crippen molar-refractivity contribution in [2.24, 2.45) is 5.10 Å². The molecule has 1 aliphatic heterocycles. The number of ether oxygens (including phenoxy) is 1. The van der Waals surface area contributed by atoms with Gasteiger partial charge in [0.25, 0.3) is 0 Å². The number of amides is 1. The molecule has 2 heterocycles. The lowest BCUT2D eigenvalue weighted by molar-refractivity contribution is -0.135. The summed E-state index contributed by atoms with van der Waals surface area (Å²) in [6.45, 7) is 1.93. The molecule has 0 aliphatic carbocycles. The number of aromatic amines is 1. The number of anilines is 2. The van der Waals surface area contributed by atoms with Crippen molar-refractivity contribution in [3.05, 3.63) is 65.1 Å². The predicted octanol–water partition coefficient (Wildman–Crippen LogP) is 2.17. The number of aromatic nitrogens is 2. The van der Waals surface area contributed by atoms with Crippen LogP contribution >= 0.6 is 0 Å². The molecule has 0 spiro atoms. The average molecular weight is 421 g/mol. The zero-order valence-corrected chi connectivity index (χ0v) is 16.6. The van der Waals surface area contributed by atoms with Crippen LogP contribution in [0.5, 0.6) is 0 Å². The molecule has 1 atom stereocenters. The van der Waals surface area contributed by atoms with Crippen molar-refractivity contribution >= 4 is 29.0 Å². The summed E-state index contributed by atoms with van der Waals surface area (Å²) in [5, 5.41) is 12.3. The molecule has 1 unspecified atom stereocenters. The summed E-state index contributed by atoms with van der Waals surface area (Å²) in [5.74, 6) is -1.31. The van der Waals surface area contributed by atoms with E-state index in [0.29, 0.717) is 16.9 Å². The first kappa shape index (κ1) is 20.1. The highest BCUT2D eigenvalue weighted by atomic mass is 16.5. The molecule has 0 radical (unpaired) electrons. The van der Waals surface area contributed by atoms with Crippen LogP contribution in [0.3, 0.4) is 0 Å². The van der Waals surface area contributed by atoms with Gasteiger partial charge < -0.3 is 10.1 Å². The lowest BCUT2D eigenvalue weighted by Gasteiger charge is -2.22. The van der Waals surface area contributed by atoms with Crippen LogP contribution in [0.4, 0.5) is 11.4 Å². The summed E-state index contributed by atoms with van der Waals surface area (Å²) in [5.41, 5.74) is 1.91. The number of carbonyl (C=O) groups is 2. The van der Waals surface area contributed by atoms with Crippen LogP contribution in [0.1, 0.15) is 13.3 Å². The van der Waals surface area contributed by atoms with Crippen LogP contribution in [0.2, 0.25) is 0 Å². The van der Waals surface area contributed by atoms with E-state index in [0.717, 1.165) is 0 Å². The Bertz CT molecular complexity index is 1180. The van der Waals surface area contributed by atoms with Crippen molar-refractivity contribution in [1.29, 1.82) is 0 Å². The third kappa shape index (κ3) is 4.37. The number of nitrogens with zero attached hydrogens (tertiary/aromatic N) is 3. The number of carbonyl (C=O) groups excluding carboxylic acids is 2. The van der Waals surface area contributed by atoms with Crippen molar-refractivity contribution in [3.8, 4) is 11.4 Å². The quantitative estimate of drug-likeness (QED) is 0.583. The van der Waals surface area contributed by atoms with Crippen molar-refractivity contribution in [2.75, 3.05) is 16.9 Å². The highest BCUT2D eigenvalue weighted by Gasteiger charge is 2.36. The molecular weight excluding hydrogens is 402 g/mol. The Morgan fingerprint density at radius 1 is 1.23 bits per heavy atom. The zero-order valence-electron chi connectivity index (χ0n) is 16.6. The van der Waals surface area contributed by atoms with E-state index < -0.39 is 17.8 Å². The van der Waals surface area contributed by atoms with E-state index in [1.54, 1.807) is 43.3 Å². The van der Waals surface area contributed by atoms with Gasteiger partial charge in [-0.1, -0.05) is 35.5 Å². The van der Waals surface area contributed by atoms with Crippen molar-refractivity contribution in [1.82, 2.24) is 10.1 Å². The smallest absolute Gasteiger partial charge is 0.439 e. The third-order valence-electron chi connectivity index (χ3n) is 4.59. The summed E-state index contributed by atoms with van der Waals surface area (Å²) >= 11 is 0. The van der Waals surface area contributed by atoms with Crippen LogP contribution in [0.25, 0.3) is 11.4 Å². The Morgan fingerprint density at radius 3 is 2.74 bits per heavy atom. The minimum Gasteiger partial charge on any atom is -0.461 e. The van der Waals surface area contributed by atoms with E-state index in [1.807, 2.05) is 18.2 Å². The molecule has 4 rings (SSSR count). The van der Waals surface area contributed by atoms with E-state index in [1.165, 1.54) is 5.01 Å². The number of H-pyrrole nitrogens is 1. The molecule has 1 amide bonds. The molecule has 0 fully saturated rings. The molecule has 158 valence electrons. The van der Waals surface area contributed by atoms with Gasteiger partial charge in [0.15, 0.2) is 5.82 Å². The molecule has 10 heteroatoms. The molecule has 1 aliphatic rings. The summed E-state index contributed by atoms with van der Waals surface area (Å²) in [6, 6.07) is 15.2. The predicted molar refractivity (Wildman–Crippen MR) is 113 cm³/mol. The van der Waals surface area contributed by atoms with Gasteiger partial charge in [0, 0.05) is 17.7 Å². The van der Waals surface area contributed by atoms with Crippen LogP contribution in [0.15, 0.2) is 69.0 Å². The van der Waals surface area contributed by atoms with Gasteiger partial charge in [0.05, 0.1) is 12.3 Å². The van der Waals surface area contributed by atoms with Crippen LogP contribution in [0, 0.1) is 0 Å². The molecule has 31 heavy (non-hydrogen) atoms. The highest BCUT2D eigenvalue weighted by molar-refractivity contribution is 6.38. The second-order valence-corrected chi connectivity index (χ2v) is 6.68. The molecule has 2 N–H and O–H groups in total. The number of hydrogen-bond donors (Lipinski definition) is 2. The van der Waals surface area contributed by atoms with E-state index in [2.05, 4.69) is 25.1 Å². The van der Waals surface area contributed by atoms with Gasteiger partial charge in [-0.3, -0.25) is 19.3 Å². The Kier molecular flexibility index (Phi) is 5.61. The van der Waals surface area contributed by atoms with Crippen LogP contribution in [-0.2, 0) is 14.3 Å². The Balaban J connectivity index is 1.57. The summed E-state index contributed by atoms with van der Waals surface area (Å²) in [4.78, 5) is 39.0. The van der Waals surface area contributed by atoms with Gasteiger partial charge in [-0.2, -0.15) is 5.10 Å². The number of rotatable bonds is 6. The summed E-state index contributed by atoms with van der Waals surface area (Å²) in [6.07, 6.45) is 0.107. The van der Waals surface area contributed by atoms with Crippen molar-refractivity contribution in [3.63, 3.8) is 0 Å². The van der Waals surface area contributed by atoms with Crippen LogP contribution < -0.4 is 16.1 Å². The number of hydrogen-bond acceptors (Lipinski definition) is 8. The molecule has 0 saturated carbocycles. The van der Waals surface area contributed by atoms with E-state index in [9.17, 15) is 14.4 Å². The summed E-state index contributed by atoms with van der Waals surface area (Å²) < 4.78 is 9.57. The zero-order chi connectivity index (χ0) is 21.8. The van der Waals surface area contributed by atoms with Gasteiger partial charge in [-0.25, -0.2) is 9.59 Å². The monoisotopic (exact) mass is 421 g/mol. The largest absolute Gasteiger partial charge is 0.461 e. The molecule has 0 saturated heterocycles. The second kappa shape index (κ2) is 8.66. The third-order valence-corrected chi connectivity index (χ3v) is 4.59. The lowest BCUT2D eigenvalue weighted by Crippen LogP contribution is -2.38. The molecule has 10 nitrogen and oxygen atoms in total. The fourth-order valence-electron chi connectivity index (χ4n) is 3.20. The number of benzene rings is 2. The first-order valence-electron chi connectivity index (χ1n) is 9.61. The molecule has 2 aromatic carbocycles. The molecule has 3 aromatic rings. The first-order chi connectivity index (χ1) is 15.0. The number of nitrogens with one attached hydrogen (secondary N) is 2. The average Bonchev–Trinajstić information content (AvgIpc) is 3.42. The molecular formula is C21H19N5O5. The standard InChI is InChI=1S/C21H19N5O5/c1-2-30-20(28)16-12-17(26(24-16)15-9-4-3-5-10-15)19(27)22-14-8-6-7-13(11-14)18-23-21(29)31-25-18/h3-11,17H,2,12H2,1H3,(H,22,27)(H,23,25,29). The van der Waals surface area contributed by atoms with Gasteiger partial charge >= 0.3 is 11.7 Å². The SMILES string of the molecule is CCOC(=O)C1=NN(c2ccccc2)C(C(=O)Nc2cccc(-c3noc(=O)[nH]3)c2)C1. The van der Waals surface area contributed by atoms with Gasteiger partial charge in [0.2, 0.25) is 5.91 Å². The fourth-order valence-corrected chi connectivity index (χ4v) is 3.20. The van der Waals surface area contributed by atoms with Gasteiger partial charge in [0.1, 0.15) is 11.8 Å². The summed E-state index contributed by atoms with van der Waals surface area (Å²) in [7, 11) is 0. The minimum atomic E-state index is -0.739. The maximum absolute atomic E-state index is 13.1. The Hall–Kier alpha value is -4.21. The van der Waals surface area contributed by atoms with Gasteiger partial charge in [-0.15, -0.1) is 0 Å². The fraction of sp³-hybridized carbons (Fsp3) is 0.190. The lowest BCUT2D eigenvalue weighted by atomic mass is 10.1. The maximum atomic E-state index is 13.1. The number of hydrazone groups is 1. The van der Waals surface area contributed by atoms with E-state index >= 15 is 0 Å². The minimum absolute atomic E-state index is 0.107.